The van der Waals surface area contributed by atoms with Gasteiger partial charge in [0.05, 0.1) is 7.11 Å². The molecule has 2 aromatic rings. The lowest BCUT2D eigenvalue weighted by molar-refractivity contribution is -0.0505. The molecule has 0 aliphatic rings. The SMILES string of the molecule is CN=C(NCc1ccc(OC)cc1OC(F)F)NCC(C)Cc1cccs1.I. The van der Waals surface area contributed by atoms with E-state index in [9.17, 15) is 8.78 Å². The lowest BCUT2D eigenvalue weighted by Gasteiger charge is -2.17. The van der Waals surface area contributed by atoms with Crippen molar-refractivity contribution < 1.29 is 18.3 Å². The Morgan fingerprint density at radius 1 is 1.25 bits per heavy atom. The van der Waals surface area contributed by atoms with E-state index in [-0.39, 0.29) is 29.7 Å². The number of guanidine groups is 1. The van der Waals surface area contributed by atoms with Gasteiger partial charge in [-0.15, -0.1) is 35.3 Å². The molecule has 2 N–H and O–H groups in total. The first kappa shape index (κ1) is 24.4. The third-order valence-electron chi connectivity index (χ3n) is 3.91. The Balaban J connectivity index is 0.00000392. The standard InChI is InChI=1S/C19H25F2N3O2S.HI/c1-13(9-16-5-4-8-27-16)11-23-19(22-2)24-12-14-6-7-15(25-3)10-17(14)26-18(20)21;/h4-8,10,13,18H,9,11-12H2,1-3H3,(H2,22,23,24);1H. The monoisotopic (exact) mass is 525 g/mol. The Morgan fingerprint density at radius 2 is 2.04 bits per heavy atom. The van der Waals surface area contributed by atoms with Crippen LogP contribution in [0, 0.1) is 5.92 Å². The Bertz CT molecular complexity index is 730. The summed E-state index contributed by atoms with van der Waals surface area (Å²) in [5.74, 6) is 1.57. The van der Waals surface area contributed by atoms with Gasteiger partial charge < -0.3 is 20.1 Å². The minimum atomic E-state index is -2.90. The van der Waals surface area contributed by atoms with Crippen molar-refractivity contribution in [1.29, 1.82) is 0 Å². The highest BCUT2D eigenvalue weighted by molar-refractivity contribution is 14.0. The van der Waals surface area contributed by atoms with E-state index in [1.165, 1.54) is 18.1 Å². The summed E-state index contributed by atoms with van der Waals surface area (Å²) in [5.41, 5.74) is 0.589. The lowest BCUT2D eigenvalue weighted by Crippen LogP contribution is -2.39. The normalized spacial score (nSPS) is 12.3. The van der Waals surface area contributed by atoms with Crippen LogP contribution in [0.4, 0.5) is 8.78 Å². The highest BCUT2D eigenvalue weighted by atomic mass is 127. The summed E-state index contributed by atoms with van der Waals surface area (Å²) in [6.07, 6.45) is 0.993. The highest BCUT2D eigenvalue weighted by Gasteiger charge is 2.12. The van der Waals surface area contributed by atoms with Gasteiger partial charge in [0, 0.05) is 36.6 Å². The number of hydrogen-bond donors (Lipinski definition) is 2. The maximum absolute atomic E-state index is 12.6. The van der Waals surface area contributed by atoms with Crippen LogP contribution in [0.15, 0.2) is 40.7 Å². The van der Waals surface area contributed by atoms with E-state index < -0.39 is 6.61 Å². The van der Waals surface area contributed by atoms with E-state index in [1.807, 2.05) is 0 Å². The molecule has 0 amide bonds. The number of rotatable bonds is 9. The molecule has 1 aromatic heterocycles. The summed E-state index contributed by atoms with van der Waals surface area (Å²) in [6, 6.07) is 9.02. The van der Waals surface area contributed by atoms with E-state index in [4.69, 9.17) is 4.74 Å². The molecular formula is C19H26F2IN3O2S. The van der Waals surface area contributed by atoms with Gasteiger partial charge in [0.1, 0.15) is 11.5 Å². The van der Waals surface area contributed by atoms with Gasteiger partial charge >= 0.3 is 6.61 Å². The van der Waals surface area contributed by atoms with Crippen LogP contribution < -0.4 is 20.1 Å². The molecule has 1 heterocycles. The van der Waals surface area contributed by atoms with Crippen molar-refractivity contribution in [3.05, 3.63) is 46.2 Å². The van der Waals surface area contributed by atoms with E-state index >= 15 is 0 Å². The van der Waals surface area contributed by atoms with Crippen LogP contribution in [-0.2, 0) is 13.0 Å². The van der Waals surface area contributed by atoms with Crippen LogP contribution in [0.3, 0.4) is 0 Å². The zero-order valence-electron chi connectivity index (χ0n) is 16.1. The van der Waals surface area contributed by atoms with Gasteiger partial charge in [-0.2, -0.15) is 8.78 Å². The fraction of sp³-hybridized carbons (Fsp3) is 0.421. The van der Waals surface area contributed by atoms with Gasteiger partial charge in [-0.25, -0.2) is 0 Å². The maximum Gasteiger partial charge on any atom is 0.387 e. The first-order valence-corrected chi connectivity index (χ1v) is 9.48. The molecule has 0 saturated carbocycles. The molecule has 9 heteroatoms. The minimum Gasteiger partial charge on any atom is -0.497 e. The van der Waals surface area contributed by atoms with Crippen molar-refractivity contribution >= 4 is 41.3 Å². The predicted octanol–water partition coefficient (Wildman–Crippen LogP) is 4.52. The molecule has 0 saturated heterocycles. The summed E-state index contributed by atoms with van der Waals surface area (Å²) in [7, 11) is 3.15. The summed E-state index contributed by atoms with van der Waals surface area (Å²) in [4.78, 5) is 5.53. The molecule has 0 radical (unpaired) electrons. The van der Waals surface area contributed by atoms with E-state index in [0.717, 1.165) is 13.0 Å². The Morgan fingerprint density at radius 3 is 2.64 bits per heavy atom. The molecule has 1 unspecified atom stereocenters. The van der Waals surface area contributed by atoms with Crippen LogP contribution in [0.5, 0.6) is 11.5 Å². The second kappa shape index (κ2) is 12.8. The number of alkyl halides is 2. The predicted molar refractivity (Wildman–Crippen MR) is 120 cm³/mol. The Hall–Kier alpha value is -1.62. The fourth-order valence-electron chi connectivity index (χ4n) is 2.53. The number of aliphatic imine (C=N–C) groups is 1. The zero-order valence-corrected chi connectivity index (χ0v) is 19.2. The smallest absolute Gasteiger partial charge is 0.387 e. The van der Waals surface area contributed by atoms with Gasteiger partial charge in [0.25, 0.3) is 0 Å². The van der Waals surface area contributed by atoms with Crippen LogP contribution in [0.25, 0.3) is 0 Å². The average Bonchev–Trinajstić information content (AvgIpc) is 3.15. The van der Waals surface area contributed by atoms with Crippen LogP contribution in [-0.4, -0.2) is 33.3 Å². The number of thiophene rings is 1. The summed E-state index contributed by atoms with van der Waals surface area (Å²) in [6.45, 7) is 0.315. The second-order valence-electron chi connectivity index (χ2n) is 6.05. The van der Waals surface area contributed by atoms with Gasteiger partial charge in [0.2, 0.25) is 0 Å². The van der Waals surface area contributed by atoms with Gasteiger partial charge in [-0.05, 0) is 35.9 Å². The molecule has 28 heavy (non-hydrogen) atoms. The first-order valence-electron chi connectivity index (χ1n) is 8.60. The number of benzene rings is 1. The number of hydrogen-bond acceptors (Lipinski definition) is 4. The zero-order chi connectivity index (χ0) is 19.6. The molecule has 0 fully saturated rings. The largest absolute Gasteiger partial charge is 0.497 e. The van der Waals surface area contributed by atoms with Crippen LogP contribution >= 0.6 is 35.3 Å². The van der Waals surface area contributed by atoms with Crippen molar-refractivity contribution in [2.75, 3.05) is 20.7 Å². The summed E-state index contributed by atoms with van der Waals surface area (Å²) in [5, 5.41) is 8.46. The number of halogens is 3. The summed E-state index contributed by atoms with van der Waals surface area (Å²) >= 11 is 1.75. The molecule has 1 atom stereocenters. The lowest BCUT2D eigenvalue weighted by atomic mass is 10.1. The highest BCUT2D eigenvalue weighted by Crippen LogP contribution is 2.26. The average molecular weight is 525 g/mol. The van der Waals surface area contributed by atoms with Gasteiger partial charge in [-0.3, -0.25) is 4.99 Å². The maximum atomic E-state index is 12.6. The van der Waals surface area contributed by atoms with Gasteiger partial charge in [-0.1, -0.05) is 13.0 Å². The molecule has 0 spiro atoms. The van der Waals surface area contributed by atoms with Crippen molar-refractivity contribution in [2.24, 2.45) is 10.9 Å². The topological polar surface area (TPSA) is 54.9 Å². The minimum absolute atomic E-state index is 0. The van der Waals surface area contributed by atoms with Crippen molar-refractivity contribution in [2.45, 2.75) is 26.5 Å². The van der Waals surface area contributed by atoms with Gasteiger partial charge in [0.15, 0.2) is 5.96 Å². The molecule has 156 valence electrons. The van der Waals surface area contributed by atoms with Crippen molar-refractivity contribution in [3.8, 4) is 11.5 Å². The van der Waals surface area contributed by atoms with Crippen molar-refractivity contribution in [1.82, 2.24) is 10.6 Å². The third-order valence-corrected chi connectivity index (χ3v) is 4.81. The van der Waals surface area contributed by atoms with E-state index in [1.54, 1.807) is 30.5 Å². The quantitative estimate of drug-likeness (QED) is 0.287. The molecule has 0 bridgehead atoms. The molecule has 2 rings (SSSR count). The molecule has 1 aromatic carbocycles. The number of methoxy groups -OCH3 is 1. The number of nitrogens with zero attached hydrogens (tertiary/aromatic N) is 1. The first-order chi connectivity index (χ1) is 13.0. The van der Waals surface area contributed by atoms with Crippen LogP contribution in [0.2, 0.25) is 0 Å². The molecular weight excluding hydrogens is 499 g/mol. The van der Waals surface area contributed by atoms with Crippen LogP contribution in [0.1, 0.15) is 17.4 Å². The van der Waals surface area contributed by atoms with Crippen molar-refractivity contribution in [3.63, 3.8) is 0 Å². The second-order valence-corrected chi connectivity index (χ2v) is 7.08. The molecule has 5 nitrogen and oxygen atoms in total. The Kier molecular flexibility index (Phi) is 11.1. The van der Waals surface area contributed by atoms with E-state index in [2.05, 4.69) is 44.8 Å². The molecule has 0 aliphatic carbocycles. The third kappa shape index (κ3) is 8.17. The number of nitrogens with one attached hydrogen (secondary N) is 2. The van der Waals surface area contributed by atoms with E-state index in [0.29, 0.717) is 29.7 Å². The summed E-state index contributed by atoms with van der Waals surface area (Å²) < 4.78 is 35.0. The number of ether oxygens (including phenoxy) is 2. The fourth-order valence-corrected chi connectivity index (χ4v) is 3.40. The Labute approximate surface area is 185 Å². The molecule has 0 aliphatic heterocycles.